The van der Waals surface area contributed by atoms with Crippen LogP contribution in [0.5, 0.6) is 0 Å². The molecule has 1 unspecified atom stereocenters. The van der Waals surface area contributed by atoms with Crippen LogP contribution in [0.15, 0.2) is 0 Å². The van der Waals surface area contributed by atoms with Crippen LogP contribution < -0.4 is 16.8 Å². The normalized spacial score (nSPS) is 15.2. The number of aliphatic carboxylic acids is 1. The number of rotatable bonds is 6. The lowest BCUT2D eigenvalue weighted by atomic mass is 10.2. The smallest absolute Gasteiger partial charge is 0.320 e. The average molecular weight is 175 g/mol. The highest BCUT2D eigenvalue weighted by Gasteiger charge is 2.10. The minimum Gasteiger partial charge on any atom is -0.480 e. The number of nitrogens with two attached hydrogens (primary N) is 2. The van der Waals surface area contributed by atoms with E-state index in [1.54, 1.807) is 0 Å². The third kappa shape index (κ3) is 4.78. The second-order valence-corrected chi connectivity index (χ2v) is 2.35. The lowest BCUT2D eigenvalue weighted by Gasteiger charge is -2.08. The molecule has 0 aliphatic rings. The van der Waals surface area contributed by atoms with Gasteiger partial charge < -0.3 is 21.4 Å². The van der Waals surface area contributed by atoms with Crippen LogP contribution in [0.1, 0.15) is 6.42 Å². The number of nitrogens with one attached hydrogen (secondary N) is 1. The van der Waals surface area contributed by atoms with Crippen molar-refractivity contribution in [1.82, 2.24) is 5.32 Å². The van der Waals surface area contributed by atoms with E-state index in [1.807, 2.05) is 0 Å². The van der Waals surface area contributed by atoms with Gasteiger partial charge in [0.1, 0.15) is 12.2 Å². The largest absolute Gasteiger partial charge is 0.480 e. The van der Waals surface area contributed by atoms with Crippen molar-refractivity contribution in [3.8, 4) is 0 Å². The fourth-order valence-electron chi connectivity index (χ4n) is 0.577. The molecule has 0 rings (SSSR count). The Morgan fingerprint density at radius 3 is 2.58 bits per heavy atom. The molecule has 0 aliphatic carbocycles. The topological polar surface area (TPSA) is 118 Å². The second kappa shape index (κ2) is 5.64. The Morgan fingerprint density at radius 2 is 2.17 bits per heavy atom. The van der Waals surface area contributed by atoms with Gasteiger partial charge in [0, 0.05) is 0 Å². The zero-order valence-corrected chi connectivity index (χ0v) is 6.56. The molecular formula is C6H13N3O3. The van der Waals surface area contributed by atoms with Crippen molar-refractivity contribution in [3.63, 3.8) is 0 Å². The van der Waals surface area contributed by atoms with E-state index in [0.717, 1.165) is 0 Å². The zero-order valence-electron chi connectivity index (χ0n) is 6.56. The van der Waals surface area contributed by atoms with Crippen LogP contribution in [-0.4, -0.2) is 36.1 Å². The van der Waals surface area contributed by atoms with Gasteiger partial charge in [-0.3, -0.25) is 10.1 Å². The number of hydrogen-bond donors (Lipinski definition) is 4. The van der Waals surface area contributed by atoms with Crippen LogP contribution in [0, 0.1) is 0 Å². The maximum Gasteiger partial charge on any atom is 0.320 e. The van der Waals surface area contributed by atoms with E-state index in [2.05, 4.69) is 5.32 Å². The highest BCUT2D eigenvalue weighted by atomic mass is 16.4. The number of aldehydes is 1. The third-order valence-corrected chi connectivity index (χ3v) is 1.30. The van der Waals surface area contributed by atoms with Crippen molar-refractivity contribution in [2.45, 2.75) is 18.6 Å². The highest BCUT2D eigenvalue weighted by molar-refractivity contribution is 5.73. The predicted octanol–water partition coefficient (Wildman–Crippen LogP) is -2.14. The fourth-order valence-corrected chi connectivity index (χ4v) is 0.577. The third-order valence-electron chi connectivity index (χ3n) is 1.30. The molecule has 0 aromatic rings. The van der Waals surface area contributed by atoms with Gasteiger partial charge in [0.05, 0.1) is 0 Å². The predicted molar refractivity (Wildman–Crippen MR) is 42.3 cm³/mol. The van der Waals surface area contributed by atoms with E-state index < -0.39 is 18.2 Å². The van der Waals surface area contributed by atoms with Crippen molar-refractivity contribution in [2.75, 3.05) is 6.54 Å². The summed E-state index contributed by atoms with van der Waals surface area (Å²) in [6.07, 6.45) is 0.0365. The van der Waals surface area contributed by atoms with E-state index in [9.17, 15) is 9.59 Å². The SMILES string of the molecule is NC(C=O)NCC[C@H](N)C(=O)O. The Balaban J connectivity index is 3.43. The van der Waals surface area contributed by atoms with Crippen molar-refractivity contribution in [3.05, 3.63) is 0 Å². The first-order chi connectivity index (χ1) is 5.57. The highest BCUT2D eigenvalue weighted by Crippen LogP contribution is 1.85. The first-order valence-electron chi connectivity index (χ1n) is 3.50. The summed E-state index contributed by atoms with van der Waals surface area (Å²) in [6.45, 7) is 0.313. The summed E-state index contributed by atoms with van der Waals surface area (Å²) in [4.78, 5) is 20.2. The molecule has 0 aliphatic heterocycles. The van der Waals surface area contributed by atoms with Gasteiger partial charge >= 0.3 is 5.97 Å². The van der Waals surface area contributed by atoms with E-state index >= 15 is 0 Å². The maximum atomic E-state index is 10.2. The molecule has 12 heavy (non-hydrogen) atoms. The first-order valence-corrected chi connectivity index (χ1v) is 3.50. The van der Waals surface area contributed by atoms with Crippen molar-refractivity contribution in [2.24, 2.45) is 11.5 Å². The summed E-state index contributed by atoms with van der Waals surface area (Å²) in [5.74, 6) is -1.06. The van der Waals surface area contributed by atoms with E-state index in [-0.39, 0.29) is 6.42 Å². The van der Waals surface area contributed by atoms with Gasteiger partial charge in [-0.25, -0.2) is 0 Å². The van der Waals surface area contributed by atoms with Gasteiger partial charge in [0.25, 0.3) is 0 Å². The van der Waals surface area contributed by atoms with Gasteiger partial charge in [0.15, 0.2) is 6.29 Å². The summed E-state index contributed by atoms with van der Waals surface area (Å²) < 4.78 is 0. The van der Waals surface area contributed by atoms with Crippen LogP contribution in [-0.2, 0) is 9.59 Å². The molecule has 0 heterocycles. The number of carboxylic acids is 1. The minimum atomic E-state index is -1.06. The maximum absolute atomic E-state index is 10.2. The average Bonchev–Trinajstić information content (AvgIpc) is 2.03. The number of hydrogen-bond acceptors (Lipinski definition) is 5. The molecule has 0 saturated carbocycles. The first kappa shape index (κ1) is 11.0. The van der Waals surface area contributed by atoms with Crippen LogP contribution in [0.2, 0.25) is 0 Å². The lowest BCUT2D eigenvalue weighted by molar-refractivity contribution is -0.138. The van der Waals surface area contributed by atoms with E-state index in [0.29, 0.717) is 12.8 Å². The molecule has 0 saturated heterocycles. The molecule has 6 N–H and O–H groups in total. The van der Waals surface area contributed by atoms with Gasteiger partial charge in [0.2, 0.25) is 0 Å². The van der Waals surface area contributed by atoms with Crippen molar-refractivity contribution >= 4 is 12.3 Å². The summed E-state index contributed by atoms with van der Waals surface area (Å²) in [6, 6.07) is -0.906. The van der Waals surface area contributed by atoms with E-state index in [4.69, 9.17) is 16.6 Å². The quantitative estimate of drug-likeness (QED) is 0.270. The Labute approximate surface area is 69.9 Å². The molecule has 0 aromatic heterocycles. The monoisotopic (exact) mass is 175 g/mol. The van der Waals surface area contributed by atoms with Crippen LogP contribution in [0.4, 0.5) is 0 Å². The molecule has 6 heteroatoms. The Hall–Kier alpha value is -0.980. The molecule has 0 amide bonds. The van der Waals surface area contributed by atoms with Gasteiger partial charge in [-0.1, -0.05) is 0 Å². The number of carboxylic acid groups (broad SMARTS) is 1. The molecule has 0 bridgehead atoms. The van der Waals surface area contributed by atoms with Gasteiger partial charge in [-0.15, -0.1) is 0 Å². The zero-order chi connectivity index (χ0) is 9.56. The molecule has 70 valence electrons. The molecule has 0 radical (unpaired) electrons. The van der Waals surface area contributed by atoms with E-state index in [1.165, 1.54) is 0 Å². The van der Waals surface area contributed by atoms with Crippen LogP contribution in [0.3, 0.4) is 0 Å². The molecule has 0 spiro atoms. The molecular weight excluding hydrogens is 162 g/mol. The fraction of sp³-hybridized carbons (Fsp3) is 0.667. The van der Waals surface area contributed by atoms with Crippen LogP contribution >= 0.6 is 0 Å². The van der Waals surface area contributed by atoms with Crippen molar-refractivity contribution in [1.29, 1.82) is 0 Å². The standard InChI is InChI=1S/C6H13N3O3/c7-4(6(11)12)1-2-9-5(8)3-10/h3-5,9H,1-2,7-8H2,(H,11,12)/t4-,5?/m0/s1. The number of carbonyl (C=O) groups excluding carboxylic acids is 1. The molecule has 0 aromatic carbocycles. The molecule has 2 atom stereocenters. The van der Waals surface area contributed by atoms with Gasteiger partial charge in [-0.05, 0) is 13.0 Å². The number of carbonyl (C=O) groups is 2. The van der Waals surface area contributed by atoms with Gasteiger partial charge in [-0.2, -0.15) is 0 Å². The van der Waals surface area contributed by atoms with Crippen LogP contribution in [0.25, 0.3) is 0 Å². The molecule has 6 nitrogen and oxygen atoms in total. The Bertz CT molecular complexity index is 162. The summed E-state index contributed by atoms with van der Waals surface area (Å²) in [5.41, 5.74) is 10.3. The second-order valence-electron chi connectivity index (χ2n) is 2.35. The Morgan fingerprint density at radius 1 is 1.58 bits per heavy atom. The summed E-state index contributed by atoms with van der Waals surface area (Å²) in [7, 11) is 0. The Kier molecular flexibility index (Phi) is 5.18. The summed E-state index contributed by atoms with van der Waals surface area (Å²) >= 11 is 0. The summed E-state index contributed by atoms with van der Waals surface area (Å²) in [5, 5.41) is 10.9. The van der Waals surface area contributed by atoms with Crippen molar-refractivity contribution < 1.29 is 14.7 Å². The lowest BCUT2D eigenvalue weighted by Crippen LogP contribution is -2.42. The molecule has 0 fully saturated rings. The minimum absolute atomic E-state index is 0.247.